The van der Waals surface area contributed by atoms with Crippen molar-refractivity contribution in [1.29, 1.82) is 0 Å². The van der Waals surface area contributed by atoms with Gasteiger partial charge >= 0.3 is 0 Å². The van der Waals surface area contributed by atoms with Crippen LogP contribution in [0.25, 0.3) is 22.3 Å². The van der Waals surface area contributed by atoms with Gasteiger partial charge in [0.2, 0.25) is 11.8 Å². The standard InChI is InChI=1S/C38H31BN4O4/c1-37(2)20-44-35(42-37)26-12-24(16-40-18-26)22-8-10-28-32(14-22)46-30-6-5-7-31-34(30)39(28)29-11-9-23(15-33(29)47-31)25-13-27(19-41-17-25)36-43-38(3,4)21-45-36/h5-19H,20-21H2,1-4H3. The second-order valence-corrected chi connectivity index (χ2v) is 13.8. The Balaban J connectivity index is 1.09. The molecule has 5 aromatic rings. The van der Waals surface area contributed by atoms with Gasteiger partial charge in [-0.2, -0.15) is 0 Å². The molecule has 0 atom stereocenters. The molecular weight excluding hydrogens is 587 g/mol. The lowest BCUT2D eigenvalue weighted by Gasteiger charge is -2.33. The summed E-state index contributed by atoms with van der Waals surface area (Å²) < 4.78 is 24.9. The molecule has 0 saturated heterocycles. The van der Waals surface area contributed by atoms with Crippen LogP contribution in [-0.4, -0.2) is 52.8 Å². The van der Waals surface area contributed by atoms with E-state index in [-0.39, 0.29) is 17.8 Å². The summed E-state index contributed by atoms with van der Waals surface area (Å²) in [6.07, 6.45) is 7.32. The minimum Gasteiger partial charge on any atom is -0.475 e. The van der Waals surface area contributed by atoms with Gasteiger partial charge in [-0.15, -0.1) is 0 Å². The molecule has 2 aromatic heterocycles. The van der Waals surface area contributed by atoms with Gasteiger partial charge in [-0.1, -0.05) is 30.3 Å². The fraction of sp³-hybridized carbons (Fsp3) is 0.211. The van der Waals surface area contributed by atoms with Crippen LogP contribution in [0, 0.1) is 0 Å². The fourth-order valence-electron chi connectivity index (χ4n) is 6.68. The van der Waals surface area contributed by atoms with E-state index in [0.29, 0.717) is 25.0 Å². The molecule has 9 rings (SSSR count). The van der Waals surface area contributed by atoms with E-state index in [9.17, 15) is 0 Å². The number of aromatic nitrogens is 2. The molecule has 8 nitrogen and oxygen atoms in total. The number of benzene rings is 3. The lowest BCUT2D eigenvalue weighted by atomic mass is 9.35. The summed E-state index contributed by atoms with van der Waals surface area (Å²) in [4.78, 5) is 18.5. The minimum atomic E-state index is -0.240. The van der Waals surface area contributed by atoms with Gasteiger partial charge in [0.25, 0.3) is 6.71 Å². The Morgan fingerprint density at radius 3 is 1.45 bits per heavy atom. The van der Waals surface area contributed by atoms with Crippen molar-refractivity contribution in [1.82, 2.24) is 9.97 Å². The normalized spacial score (nSPS) is 17.6. The van der Waals surface area contributed by atoms with Crippen molar-refractivity contribution in [2.45, 2.75) is 38.8 Å². The summed E-state index contributed by atoms with van der Waals surface area (Å²) in [7, 11) is 0. The van der Waals surface area contributed by atoms with Gasteiger partial charge in [-0.3, -0.25) is 9.97 Å². The van der Waals surface area contributed by atoms with Crippen LogP contribution in [0.1, 0.15) is 38.8 Å². The quantitative estimate of drug-likeness (QED) is 0.237. The van der Waals surface area contributed by atoms with Gasteiger partial charge in [0.05, 0.1) is 22.2 Å². The van der Waals surface area contributed by atoms with E-state index >= 15 is 0 Å². The third-order valence-corrected chi connectivity index (χ3v) is 8.97. The van der Waals surface area contributed by atoms with Crippen molar-refractivity contribution >= 4 is 34.9 Å². The molecule has 0 unspecified atom stereocenters. The first-order valence-electron chi connectivity index (χ1n) is 15.8. The predicted octanol–water partition coefficient (Wildman–Crippen LogP) is 5.65. The topological polar surface area (TPSA) is 87.4 Å². The van der Waals surface area contributed by atoms with Gasteiger partial charge in [-0.25, -0.2) is 9.98 Å². The molecule has 0 N–H and O–H groups in total. The molecule has 0 saturated carbocycles. The van der Waals surface area contributed by atoms with E-state index in [1.54, 1.807) is 12.4 Å². The Labute approximate surface area is 273 Å². The molecular formula is C38H31BN4O4. The van der Waals surface area contributed by atoms with Gasteiger partial charge < -0.3 is 18.9 Å². The van der Waals surface area contributed by atoms with Crippen LogP contribution >= 0.6 is 0 Å². The maximum Gasteiger partial charge on any atom is 0.260 e. The molecule has 0 spiro atoms. The van der Waals surface area contributed by atoms with Gasteiger partial charge in [0, 0.05) is 41.4 Å². The van der Waals surface area contributed by atoms with Crippen LogP contribution in [0.3, 0.4) is 0 Å². The Kier molecular flexibility index (Phi) is 5.94. The molecule has 47 heavy (non-hydrogen) atoms. The fourth-order valence-corrected chi connectivity index (χ4v) is 6.68. The van der Waals surface area contributed by atoms with E-state index in [2.05, 4.69) is 86.2 Å². The third kappa shape index (κ3) is 4.76. The molecule has 0 amide bonds. The Hall–Kier alpha value is -5.44. The summed E-state index contributed by atoms with van der Waals surface area (Å²) in [6, 6.07) is 22.9. The zero-order chi connectivity index (χ0) is 31.9. The number of pyridine rings is 2. The molecule has 3 aromatic carbocycles. The van der Waals surface area contributed by atoms with Crippen molar-refractivity contribution in [2.75, 3.05) is 13.2 Å². The van der Waals surface area contributed by atoms with Crippen molar-refractivity contribution in [3.05, 3.63) is 103 Å². The zero-order valence-corrected chi connectivity index (χ0v) is 26.6. The molecule has 0 fully saturated rings. The Morgan fingerprint density at radius 2 is 1.00 bits per heavy atom. The molecule has 9 heteroatoms. The number of fused-ring (bicyclic) bond motifs is 4. The van der Waals surface area contributed by atoms with E-state index in [4.69, 9.17) is 28.9 Å². The monoisotopic (exact) mass is 618 g/mol. The van der Waals surface area contributed by atoms with E-state index < -0.39 is 0 Å². The van der Waals surface area contributed by atoms with Crippen LogP contribution in [0.5, 0.6) is 23.0 Å². The van der Waals surface area contributed by atoms with Crippen molar-refractivity contribution < 1.29 is 18.9 Å². The molecule has 0 bridgehead atoms. The summed E-state index contributed by atoms with van der Waals surface area (Å²) in [5, 5.41) is 0. The van der Waals surface area contributed by atoms with Gasteiger partial charge in [0.15, 0.2) is 0 Å². The lowest BCUT2D eigenvalue weighted by Crippen LogP contribution is -2.57. The number of hydrogen-bond acceptors (Lipinski definition) is 8. The van der Waals surface area contributed by atoms with Crippen molar-refractivity contribution in [3.8, 4) is 45.3 Å². The maximum atomic E-state index is 6.55. The first-order valence-corrected chi connectivity index (χ1v) is 15.8. The number of rotatable bonds is 4. The largest absolute Gasteiger partial charge is 0.475 e. The minimum absolute atomic E-state index is 0.0438. The van der Waals surface area contributed by atoms with Crippen molar-refractivity contribution in [2.24, 2.45) is 9.98 Å². The Morgan fingerprint density at radius 1 is 0.532 bits per heavy atom. The number of nitrogens with zero attached hydrogens (tertiary/aromatic N) is 4. The van der Waals surface area contributed by atoms with E-state index in [0.717, 1.165) is 72.8 Å². The number of ether oxygens (including phenoxy) is 4. The molecule has 4 aliphatic rings. The molecule has 6 heterocycles. The average Bonchev–Trinajstić information content (AvgIpc) is 3.64. The lowest BCUT2D eigenvalue weighted by molar-refractivity contribution is 0.279. The van der Waals surface area contributed by atoms with E-state index in [1.807, 2.05) is 30.6 Å². The van der Waals surface area contributed by atoms with Crippen LogP contribution < -0.4 is 25.9 Å². The highest BCUT2D eigenvalue weighted by molar-refractivity contribution is 6.98. The molecule has 230 valence electrons. The Bertz CT molecular complexity index is 2040. The molecule has 4 aliphatic heterocycles. The van der Waals surface area contributed by atoms with Crippen LogP contribution in [-0.2, 0) is 9.47 Å². The molecule has 0 aliphatic carbocycles. The van der Waals surface area contributed by atoms with Gasteiger partial charge in [0.1, 0.15) is 36.2 Å². The third-order valence-electron chi connectivity index (χ3n) is 8.97. The highest BCUT2D eigenvalue weighted by Gasteiger charge is 2.40. The second kappa shape index (κ2) is 10.0. The van der Waals surface area contributed by atoms with E-state index in [1.165, 1.54) is 0 Å². The maximum absolute atomic E-state index is 6.55. The van der Waals surface area contributed by atoms with Crippen LogP contribution in [0.2, 0.25) is 0 Å². The highest BCUT2D eigenvalue weighted by Crippen LogP contribution is 2.37. The second-order valence-electron chi connectivity index (χ2n) is 13.8. The summed E-state index contributed by atoms with van der Waals surface area (Å²) in [5.74, 6) is 4.48. The summed E-state index contributed by atoms with van der Waals surface area (Å²) >= 11 is 0. The predicted molar refractivity (Wildman–Crippen MR) is 184 cm³/mol. The summed E-state index contributed by atoms with van der Waals surface area (Å²) in [6.45, 7) is 9.32. The highest BCUT2D eigenvalue weighted by atomic mass is 16.5. The first-order chi connectivity index (χ1) is 22.7. The average molecular weight is 619 g/mol. The summed E-state index contributed by atoms with van der Waals surface area (Å²) in [5.41, 5.74) is 8.41. The van der Waals surface area contributed by atoms with Gasteiger partial charge in [-0.05, 0) is 86.1 Å². The SMILES string of the molecule is CC1(C)COC(c2cncc(-c3ccc4c(c3)Oc3cccc5c3B4c3ccc(-c4cncc(C6=NC(C)(C)CO6)c4)cc3O5)c2)=N1. The smallest absolute Gasteiger partial charge is 0.260 e. The van der Waals surface area contributed by atoms with Crippen LogP contribution in [0.15, 0.2) is 102 Å². The first kappa shape index (κ1) is 27.8. The number of hydrogen-bond donors (Lipinski definition) is 0. The number of aliphatic imine (C=N–C) groups is 2. The van der Waals surface area contributed by atoms with Crippen LogP contribution in [0.4, 0.5) is 0 Å². The van der Waals surface area contributed by atoms with Crippen molar-refractivity contribution in [3.63, 3.8) is 0 Å². The molecule has 0 radical (unpaired) electrons. The zero-order valence-electron chi connectivity index (χ0n) is 26.6.